The predicted molar refractivity (Wildman–Crippen MR) is 81.5 cm³/mol. The predicted octanol–water partition coefficient (Wildman–Crippen LogP) is 2.36. The van der Waals surface area contributed by atoms with E-state index < -0.39 is 10.0 Å². The molecule has 0 radical (unpaired) electrons. The van der Waals surface area contributed by atoms with Crippen LogP contribution < -0.4 is 10.0 Å². The fourth-order valence-corrected chi connectivity index (χ4v) is 3.87. The Balaban J connectivity index is 2.13. The van der Waals surface area contributed by atoms with Crippen LogP contribution in [0.25, 0.3) is 0 Å². The molecule has 0 atom stereocenters. The maximum absolute atomic E-state index is 12.2. The molecule has 0 saturated heterocycles. The molecule has 2 heterocycles. The first-order chi connectivity index (χ1) is 9.51. The minimum Gasteiger partial charge on any atom is -0.312 e. The van der Waals surface area contributed by atoms with Gasteiger partial charge in [0.2, 0.25) is 0 Å². The SMILES string of the molecule is CCNCc1cc(S(=O)(=O)Nc2ccc(C)nc2)cs1. The smallest absolute Gasteiger partial charge is 0.262 e. The fraction of sp³-hybridized carbons (Fsp3) is 0.308. The van der Waals surface area contributed by atoms with Gasteiger partial charge in [0.25, 0.3) is 10.0 Å². The second-order valence-electron chi connectivity index (χ2n) is 4.32. The molecule has 108 valence electrons. The number of thiophene rings is 1. The van der Waals surface area contributed by atoms with E-state index in [1.807, 2.05) is 13.8 Å². The van der Waals surface area contributed by atoms with E-state index in [9.17, 15) is 8.42 Å². The summed E-state index contributed by atoms with van der Waals surface area (Å²) in [4.78, 5) is 5.35. The molecule has 0 spiro atoms. The van der Waals surface area contributed by atoms with Crippen molar-refractivity contribution < 1.29 is 8.42 Å². The van der Waals surface area contributed by atoms with E-state index in [2.05, 4.69) is 15.0 Å². The Kier molecular flexibility index (Phi) is 4.74. The minimum atomic E-state index is -3.54. The largest absolute Gasteiger partial charge is 0.312 e. The topological polar surface area (TPSA) is 71.1 Å². The lowest BCUT2D eigenvalue weighted by Crippen LogP contribution is -2.13. The summed E-state index contributed by atoms with van der Waals surface area (Å²) in [5.74, 6) is 0. The van der Waals surface area contributed by atoms with Crippen molar-refractivity contribution >= 4 is 27.0 Å². The Morgan fingerprint density at radius 2 is 2.15 bits per heavy atom. The summed E-state index contributed by atoms with van der Waals surface area (Å²) in [6, 6.07) is 5.16. The van der Waals surface area contributed by atoms with Crippen molar-refractivity contribution in [3.05, 3.63) is 40.3 Å². The maximum atomic E-state index is 12.2. The molecule has 2 rings (SSSR count). The quantitative estimate of drug-likeness (QED) is 0.859. The zero-order valence-electron chi connectivity index (χ0n) is 11.4. The number of sulfonamides is 1. The first-order valence-corrected chi connectivity index (χ1v) is 8.61. The Bertz CT molecular complexity index is 663. The lowest BCUT2D eigenvalue weighted by Gasteiger charge is -2.06. The summed E-state index contributed by atoms with van der Waals surface area (Å²) in [7, 11) is -3.54. The van der Waals surface area contributed by atoms with E-state index in [1.165, 1.54) is 17.5 Å². The van der Waals surface area contributed by atoms with Gasteiger partial charge in [0.1, 0.15) is 0 Å². The number of pyridine rings is 1. The van der Waals surface area contributed by atoms with Crippen molar-refractivity contribution in [2.45, 2.75) is 25.3 Å². The summed E-state index contributed by atoms with van der Waals surface area (Å²) < 4.78 is 27.0. The molecule has 2 aromatic rings. The van der Waals surface area contributed by atoms with Gasteiger partial charge in [0.05, 0.1) is 16.8 Å². The minimum absolute atomic E-state index is 0.288. The molecular formula is C13H17N3O2S2. The molecule has 0 aliphatic rings. The molecule has 20 heavy (non-hydrogen) atoms. The van der Waals surface area contributed by atoms with Gasteiger partial charge in [0, 0.05) is 22.5 Å². The Labute approximate surface area is 123 Å². The van der Waals surface area contributed by atoms with E-state index in [-0.39, 0.29) is 4.90 Å². The molecule has 7 heteroatoms. The van der Waals surface area contributed by atoms with E-state index in [0.717, 1.165) is 17.1 Å². The van der Waals surface area contributed by atoms with Crippen molar-refractivity contribution in [2.75, 3.05) is 11.3 Å². The van der Waals surface area contributed by atoms with Crippen LogP contribution in [-0.2, 0) is 16.6 Å². The summed E-state index contributed by atoms with van der Waals surface area (Å²) in [5, 5.41) is 4.82. The van der Waals surface area contributed by atoms with Gasteiger partial charge in [-0.2, -0.15) is 0 Å². The molecule has 0 aliphatic heterocycles. The maximum Gasteiger partial charge on any atom is 0.262 e. The highest BCUT2D eigenvalue weighted by Gasteiger charge is 2.16. The van der Waals surface area contributed by atoms with Crippen LogP contribution in [0.1, 0.15) is 17.5 Å². The van der Waals surface area contributed by atoms with Gasteiger partial charge >= 0.3 is 0 Å². The number of aryl methyl sites for hydroxylation is 1. The summed E-state index contributed by atoms with van der Waals surface area (Å²) in [5.41, 5.74) is 1.31. The molecule has 0 aromatic carbocycles. The van der Waals surface area contributed by atoms with Crippen molar-refractivity contribution in [1.29, 1.82) is 0 Å². The average Bonchev–Trinajstić information content (AvgIpc) is 2.88. The van der Waals surface area contributed by atoms with Gasteiger partial charge in [0.15, 0.2) is 0 Å². The van der Waals surface area contributed by atoms with Crippen molar-refractivity contribution in [3.63, 3.8) is 0 Å². The van der Waals surface area contributed by atoms with Crippen LogP contribution in [0.4, 0.5) is 5.69 Å². The summed E-state index contributed by atoms with van der Waals surface area (Å²) in [6.07, 6.45) is 1.51. The third-order valence-corrected chi connectivity index (χ3v) is 5.10. The number of hydrogen-bond acceptors (Lipinski definition) is 5. The Morgan fingerprint density at radius 1 is 1.35 bits per heavy atom. The van der Waals surface area contributed by atoms with Gasteiger partial charge in [-0.1, -0.05) is 6.92 Å². The molecular weight excluding hydrogens is 294 g/mol. The average molecular weight is 311 g/mol. The van der Waals surface area contributed by atoms with Crippen LogP contribution in [0.15, 0.2) is 34.7 Å². The summed E-state index contributed by atoms with van der Waals surface area (Å²) in [6.45, 7) is 5.40. The zero-order chi connectivity index (χ0) is 14.6. The van der Waals surface area contributed by atoms with Gasteiger partial charge in [-0.3, -0.25) is 9.71 Å². The van der Waals surface area contributed by atoms with Crippen molar-refractivity contribution in [1.82, 2.24) is 10.3 Å². The molecule has 2 aromatic heterocycles. The third-order valence-electron chi connectivity index (χ3n) is 2.65. The first-order valence-electron chi connectivity index (χ1n) is 6.25. The van der Waals surface area contributed by atoms with Gasteiger partial charge in [-0.05, 0) is 31.7 Å². The monoisotopic (exact) mass is 311 g/mol. The Hall–Kier alpha value is -1.44. The van der Waals surface area contributed by atoms with E-state index in [4.69, 9.17) is 0 Å². The molecule has 5 nitrogen and oxygen atoms in total. The molecule has 0 unspecified atom stereocenters. The number of hydrogen-bond donors (Lipinski definition) is 2. The summed E-state index contributed by atoms with van der Waals surface area (Å²) >= 11 is 1.43. The second kappa shape index (κ2) is 6.34. The Morgan fingerprint density at radius 3 is 2.80 bits per heavy atom. The highest BCUT2D eigenvalue weighted by atomic mass is 32.2. The first kappa shape index (κ1) is 15.0. The van der Waals surface area contributed by atoms with Crippen LogP contribution in [0, 0.1) is 6.92 Å². The molecule has 0 amide bonds. The zero-order valence-corrected chi connectivity index (χ0v) is 13.0. The van der Waals surface area contributed by atoms with Crippen LogP contribution in [0.5, 0.6) is 0 Å². The van der Waals surface area contributed by atoms with Crippen molar-refractivity contribution in [3.8, 4) is 0 Å². The lowest BCUT2D eigenvalue weighted by atomic mass is 10.4. The fourth-order valence-electron chi connectivity index (χ4n) is 1.58. The van der Waals surface area contributed by atoms with Crippen LogP contribution >= 0.6 is 11.3 Å². The molecule has 0 saturated carbocycles. The normalized spacial score (nSPS) is 11.5. The number of anilines is 1. The van der Waals surface area contributed by atoms with Crippen LogP contribution in [0.2, 0.25) is 0 Å². The molecule has 2 N–H and O–H groups in total. The molecule has 0 bridgehead atoms. The lowest BCUT2D eigenvalue weighted by molar-refractivity contribution is 0.601. The standard InChI is InChI=1S/C13H17N3O2S2/c1-3-14-8-12-6-13(9-19-12)20(17,18)16-11-5-4-10(2)15-7-11/h4-7,9,14,16H,3,8H2,1-2H3. The number of rotatable bonds is 6. The van der Waals surface area contributed by atoms with E-state index in [1.54, 1.807) is 23.6 Å². The van der Waals surface area contributed by atoms with Gasteiger partial charge in [-0.25, -0.2) is 8.42 Å². The van der Waals surface area contributed by atoms with E-state index >= 15 is 0 Å². The van der Waals surface area contributed by atoms with Gasteiger partial charge < -0.3 is 5.32 Å². The number of aromatic nitrogens is 1. The highest BCUT2D eigenvalue weighted by molar-refractivity contribution is 7.92. The third kappa shape index (κ3) is 3.78. The molecule has 0 aliphatic carbocycles. The highest BCUT2D eigenvalue weighted by Crippen LogP contribution is 2.21. The van der Waals surface area contributed by atoms with Crippen LogP contribution in [0.3, 0.4) is 0 Å². The van der Waals surface area contributed by atoms with Crippen molar-refractivity contribution in [2.24, 2.45) is 0 Å². The number of nitrogens with zero attached hydrogens (tertiary/aromatic N) is 1. The van der Waals surface area contributed by atoms with E-state index in [0.29, 0.717) is 12.2 Å². The molecule has 0 fully saturated rings. The van der Waals surface area contributed by atoms with Gasteiger partial charge in [-0.15, -0.1) is 11.3 Å². The number of nitrogens with one attached hydrogen (secondary N) is 2. The second-order valence-corrected chi connectivity index (χ2v) is 7.00. The van der Waals surface area contributed by atoms with Crippen LogP contribution in [-0.4, -0.2) is 19.9 Å².